The van der Waals surface area contributed by atoms with E-state index < -0.39 is 22.0 Å². The molecule has 0 aliphatic heterocycles. The van der Waals surface area contributed by atoms with Gasteiger partial charge in [-0.15, -0.1) is 0 Å². The third-order valence-corrected chi connectivity index (χ3v) is 8.14. The molecule has 35 heavy (non-hydrogen) atoms. The van der Waals surface area contributed by atoms with Crippen molar-refractivity contribution < 1.29 is 17.9 Å². The number of benzene rings is 1. The Bertz CT molecular complexity index is 955. The predicted molar refractivity (Wildman–Crippen MR) is 145 cm³/mol. The summed E-state index contributed by atoms with van der Waals surface area (Å²) in [5.74, 6) is -0.535. The number of ether oxygens (including phenoxy) is 1. The highest BCUT2D eigenvalue weighted by molar-refractivity contribution is 7.89. The van der Waals surface area contributed by atoms with Gasteiger partial charge in [0, 0.05) is 23.5 Å². The van der Waals surface area contributed by atoms with Crippen molar-refractivity contribution in [1.82, 2.24) is 9.71 Å². The molecule has 1 atom stereocenters. The van der Waals surface area contributed by atoms with E-state index in [9.17, 15) is 13.2 Å². The first-order valence-electron chi connectivity index (χ1n) is 13.6. The molecule has 0 aliphatic carbocycles. The molecule has 7 heteroatoms. The number of para-hydroxylation sites is 1. The first kappa shape index (κ1) is 29.4. The Morgan fingerprint density at radius 2 is 1.43 bits per heavy atom. The predicted octanol–water partition coefficient (Wildman–Crippen LogP) is 6.65. The zero-order chi connectivity index (χ0) is 25.4. The number of carbonyl (C=O) groups excluding carboxylic acids is 1. The summed E-state index contributed by atoms with van der Waals surface area (Å²) in [5, 5.41) is 0.979. The van der Waals surface area contributed by atoms with Crippen LogP contribution in [-0.2, 0) is 26.0 Å². The SMILES string of the molecule is CCCCCCCCCCCCCCCCS(=O)(=O)N[C@@H](Cc1c[nH]c2ccccc12)C(=O)OC. The van der Waals surface area contributed by atoms with E-state index in [-0.39, 0.29) is 12.2 Å². The Morgan fingerprint density at radius 3 is 2.00 bits per heavy atom. The number of carbonyl (C=O) groups is 1. The van der Waals surface area contributed by atoms with E-state index in [4.69, 9.17) is 4.74 Å². The van der Waals surface area contributed by atoms with Gasteiger partial charge in [0.2, 0.25) is 10.0 Å². The first-order valence-corrected chi connectivity index (χ1v) is 15.2. The Hall–Kier alpha value is -1.86. The lowest BCUT2D eigenvalue weighted by atomic mass is 10.0. The minimum Gasteiger partial charge on any atom is -0.468 e. The maximum Gasteiger partial charge on any atom is 0.324 e. The number of aromatic amines is 1. The van der Waals surface area contributed by atoms with Crippen LogP contribution in [0.4, 0.5) is 0 Å². The van der Waals surface area contributed by atoms with E-state index in [0.29, 0.717) is 6.42 Å². The first-order chi connectivity index (χ1) is 17.0. The maximum atomic E-state index is 12.6. The minimum atomic E-state index is -3.57. The van der Waals surface area contributed by atoms with Crippen LogP contribution in [0.15, 0.2) is 30.5 Å². The summed E-state index contributed by atoms with van der Waals surface area (Å²) in [5.41, 5.74) is 1.84. The number of methoxy groups -OCH3 is 1. The lowest BCUT2D eigenvalue weighted by molar-refractivity contribution is -0.142. The smallest absolute Gasteiger partial charge is 0.324 e. The van der Waals surface area contributed by atoms with Crippen LogP contribution in [0.2, 0.25) is 0 Å². The molecule has 2 rings (SSSR count). The average molecular weight is 507 g/mol. The molecule has 1 aromatic heterocycles. The number of fused-ring (bicyclic) bond motifs is 1. The molecule has 6 nitrogen and oxygen atoms in total. The third-order valence-electron chi connectivity index (χ3n) is 6.67. The summed E-state index contributed by atoms with van der Waals surface area (Å²) in [7, 11) is -2.29. The number of esters is 1. The molecule has 0 saturated carbocycles. The molecule has 0 spiro atoms. The molecule has 0 aliphatic rings. The Labute approximate surface area is 212 Å². The van der Waals surface area contributed by atoms with Gasteiger partial charge in [-0.25, -0.2) is 13.1 Å². The molecule has 0 bridgehead atoms. The normalized spacial score (nSPS) is 12.7. The highest BCUT2D eigenvalue weighted by Gasteiger charge is 2.26. The van der Waals surface area contributed by atoms with E-state index >= 15 is 0 Å². The largest absolute Gasteiger partial charge is 0.468 e. The number of hydrogen-bond donors (Lipinski definition) is 2. The molecule has 0 saturated heterocycles. The zero-order valence-corrected chi connectivity index (χ0v) is 22.6. The van der Waals surface area contributed by atoms with Gasteiger partial charge in [-0.2, -0.15) is 0 Å². The topological polar surface area (TPSA) is 88.3 Å². The van der Waals surface area contributed by atoms with Crippen molar-refractivity contribution in [3.05, 3.63) is 36.0 Å². The van der Waals surface area contributed by atoms with Gasteiger partial charge in [0.1, 0.15) is 6.04 Å². The number of hydrogen-bond acceptors (Lipinski definition) is 4. The van der Waals surface area contributed by atoms with Gasteiger partial charge >= 0.3 is 5.97 Å². The second-order valence-corrected chi connectivity index (χ2v) is 11.5. The summed E-state index contributed by atoms with van der Waals surface area (Å²) in [6.07, 6.45) is 19.1. The number of H-pyrrole nitrogens is 1. The van der Waals surface area contributed by atoms with Gasteiger partial charge in [-0.05, 0) is 18.1 Å². The van der Waals surface area contributed by atoms with Crippen LogP contribution in [0.25, 0.3) is 10.9 Å². The molecule has 1 aromatic carbocycles. The minimum absolute atomic E-state index is 0.0341. The third kappa shape index (κ3) is 11.6. The van der Waals surface area contributed by atoms with E-state index in [0.717, 1.165) is 35.7 Å². The van der Waals surface area contributed by atoms with Crippen LogP contribution in [0.5, 0.6) is 0 Å². The van der Waals surface area contributed by atoms with Crippen LogP contribution in [0.3, 0.4) is 0 Å². The van der Waals surface area contributed by atoms with Crippen LogP contribution in [0.1, 0.15) is 102 Å². The van der Waals surface area contributed by atoms with Gasteiger partial charge in [0.15, 0.2) is 0 Å². The molecule has 1 heterocycles. The number of sulfonamides is 1. The van der Waals surface area contributed by atoms with Gasteiger partial charge in [-0.1, -0.05) is 109 Å². The molecular weight excluding hydrogens is 460 g/mol. The van der Waals surface area contributed by atoms with Crippen molar-refractivity contribution in [3.63, 3.8) is 0 Å². The molecule has 198 valence electrons. The molecule has 0 fully saturated rings. The Morgan fingerprint density at radius 1 is 0.886 bits per heavy atom. The number of aromatic nitrogens is 1. The van der Waals surface area contributed by atoms with Gasteiger partial charge < -0.3 is 9.72 Å². The number of rotatable bonds is 20. The van der Waals surface area contributed by atoms with Crippen molar-refractivity contribution in [2.45, 2.75) is 109 Å². The van der Waals surface area contributed by atoms with Crippen LogP contribution in [-0.4, -0.2) is 38.3 Å². The van der Waals surface area contributed by atoms with Crippen molar-refractivity contribution in [3.8, 4) is 0 Å². The molecule has 0 unspecified atom stereocenters. The van der Waals surface area contributed by atoms with Crippen LogP contribution < -0.4 is 4.72 Å². The summed E-state index contributed by atoms with van der Waals surface area (Å²) < 4.78 is 32.7. The van der Waals surface area contributed by atoms with Gasteiger partial charge in [0.25, 0.3) is 0 Å². The summed E-state index contributed by atoms with van der Waals surface area (Å²) in [6.45, 7) is 2.25. The highest BCUT2D eigenvalue weighted by atomic mass is 32.2. The molecular formula is C28H46N2O4S. The summed E-state index contributed by atoms with van der Waals surface area (Å²) in [4.78, 5) is 15.5. The number of unbranched alkanes of at least 4 members (excludes halogenated alkanes) is 13. The van der Waals surface area contributed by atoms with E-state index in [1.165, 1.54) is 71.3 Å². The number of nitrogens with one attached hydrogen (secondary N) is 2. The fourth-order valence-electron chi connectivity index (χ4n) is 4.60. The van der Waals surface area contributed by atoms with Crippen LogP contribution in [0, 0.1) is 0 Å². The second kappa shape index (κ2) is 16.7. The van der Waals surface area contributed by atoms with E-state index in [1.807, 2.05) is 30.5 Å². The van der Waals surface area contributed by atoms with E-state index in [2.05, 4.69) is 16.6 Å². The Kier molecular flexibility index (Phi) is 14.1. The van der Waals surface area contributed by atoms with Crippen LogP contribution >= 0.6 is 0 Å². The van der Waals surface area contributed by atoms with Crippen molar-refractivity contribution in [1.29, 1.82) is 0 Å². The lowest BCUT2D eigenvalue weighted by Gasteiger charge is -2.16. The summed E-state index contributed by atoms with van der Waals surface area (Å²) >= 11 is 0. The average Bonchev–Trinajstić information content (AvgIpc) is 3.26. The molecule has 0 amide bonds. The molecule has 2 N–H and O–H groups in total. The van der Waals surface area contributed by atoms with Crippen molar-refractivity contribution in [2.75, 3.05) is 12.9 Å². The maximum absolute atomic E-state index is 12.6. The fourth-order valence-corrected chi connectivity index (χ4v) is 5.91. The second-order valence-electron chi connectivity index (χ2n) is 9.67. The van der Waals surface area contributed by atoms with Crippen molar-refractivity contribution >= 4 is 26.9 Å². The quantitative estimate of drug-likeness (QED) is 0.155. The highest BCUT2D eigenvalue weighted by Crippen LogP contribution is 2.20. The van der Waals surface area contributed by atoms with E-state index in [1.54, 1.807) is 0 Å². The monoisotopic (exact) mass is 506 g/mol. The molecule has 0 radical (unpaired) electrons. The standard InChI is InChI=1S/C28H46N2O4S/c1-3-4-5-6-7-8-9-10-11-12-13-14-15-18-21-35(32,33)30-27(28(31)34-2)22-24-23-29-26-20-17-16-19-25(24)26/h16-17,19-20,23,27,29-30H,3-15,18,21-22H2,1-2H3/t27-/m0/s1. The van der Waals surface area contributed by atoms with Gasteiger partial charge in [-0.3, -0.25) is 4.79 Å². The zero-order valence-electron chi connectivity index (χ0n) is 21.8. The lowest BCUT2D eigenvalue weighted by Crippen LogP contribution is -2.43. The van der Waals surface area contributed by atoms with Crippen molar-refractivity contribution in [2.24, 2.45) is 0 Å². The molecule has 2 aromatic rings. The summed E-state index contributed by atoms with van der Waals surface area (Å²) in [6, 6.07) is 6.83. The fraction of sp³-hybridized carbons (Fsp3) is 0.679. The van der Waals surface area contributed by atoms with Gasteiger partial charge in [0.05, 0.1) is 12.9 Å². The Balaban J connectivity index is 1.62.